The van der Waals surface area contributed by atoms with Gasteiger partial charge in [0.2, 0.25) is 11.8 Å². The Hall–Kier alpha value is -1.75. The molecule has 1 saturated heterocycles. The summed E-state index contributed by atoms with van der Waals surface area (Å²) in [6, 6.07) is 9.86. The largest absolute Gasteiger partial charge is 0.433 e. The molecule has 1 fully saturated rings. The number of azo groups is 1. The van der Waals surface area contributed by atoms with Crippen LogP contribution in [0.2, 0.25) is 0 Å². The van der Waals surface area contributed by atoms with Crippen molar-refractivity contribution in [1.82, 2.24) is 0 Å². The highest BCUT2D eigenvalue weighted by Gasteiger charge is 2.60. The molecule has 0 radical (unpaired) electrons. The Kier molecular flexibility index (Phi) is 3.56. The predicted octanol–water partition coefficient (Wildman–Crippen LogP) is 3.31. The lowest BCUT2D eigenvalue weighted by molar-refractivity contribution is -0.258. The fourth-order valence-corrected chi connectivity index (χ4v) is 3.10. The Bertz CT molecular complexity index is 594. The highest BCUT2D eigenvalue weighted by atomic mass is 16.7. The van der Waals surface area contributed by atoms with E-state index in [9.17, 15) is 4.79 Å². The number of nitrogens with zero attached hydrogens (tertiary/aromatic N) is 2. The third-order valence-electron chi connectivity index (χ3n) is 4.43. The van der Waals surface area contributed by atoms with E-state index < -0.39 is 11.8 Å². The smallest absolute Gasteiger partial charge is 0.341 e. The van der Waals surface area contributed by atoms with Crippen molar-refractivity contribution < 1.29 is 14.3 Å². The number of carbonyl (C=O) groups excluding carboxylic acids is 1. The molecule has 22 heavy (non-hydrogen) atoms. The Morgan fingerprint density at radius 1 is 1.23 bits per heavy atom. The van der Waals surface area contributed by atoms with Crippen LogP contribution in [0.25, 0.3) is 0 Å². The van der Waals surface area contributed by atoms with Crippen LogP contribution in [0.15, 0.2) is 40.6 Å². The summed E-state index contributed by atoms with van der Waals surface area (Å²) >= 11 is 0. The molecule has 118 valence electrons. The lowest BCUT2D eigenvalue weighted by Gasteiger charge is -2.44. The van der Waals surface area contributed by atoms with Gasteiger partial charge in [0.1, 0.15) is 0 Å². The second-order valence-electron chi connectivity index (χ2n) is 7.09. The zero-order valence-electron chi connectivity index (χ0n) is 13.4. The van der Waals surface area contributed by atoms with Crippen LogP contribution in [0, 0.1) is 5.41 Å². The van der Waals surface area contributed by atoms with E-state index in [-0.39, 0.29) is 23.4 Å². The molecular weight excluding hydrogens is 280 g/mol. The van der Waals surface area contributed by atoms with Crippen LogP contribution in [-0.4, -0.2) is 30.4 Å². The van der Waals surface area contributed by atoms with Crippen molar-refractivity contribution in [2.75, 3.05) is 6.54 Å². The number of benzene rings is 1. The molecule has 4 atom stereocenters. The van der Waals surface area contributed by atoms with Gasteiger partial charge in [-0.05, 0) is 12.5 Å². The van der Waals surface area contributed by atoms with Crippen molar-refractivity contribution in [1.29, 1.82) is 0 Å². The van der Waals surface area contributed by atoms with Crippen molar-refractivity contribution in [2.24, 2.45) is 15.6 Å². The Morgan fingerprint density at radius 3 is 2.50 bits per heavy atom. The maximum absolute atomic E-state index is 12.8. The number of hydrogen-bond donors (Lipinski definition) is 0. The lowest BCUT2D eigenvalue weighted by Crippen LogP contribution is -2.60. The van der Waals surface area contributed by atoms with Crippen LogP contribution in [0.1, 0.15) is 39.2 Å². The first kappa shape index (κ1) is 15.2. The van der Waals surface area contributed by atoms with Gasteiger partial charge in [0.15, 0.2) is 0 Å². The van der Waals surface area contributed by atoms with Gasteiger partial charge in [-0.25, -0.2) is 4.79 Å². The van der Waals surface area contributed by atoms with Crippen LogP contribution in [0.3, 0.4) is 0 Å². The van der Waals surface area contributed by atoms with Gasteiger partial charge in [-0.15, -0.1) is 0 Å². The van der Waals surface area contributed by atoms with Crippen molar-refractivity contribution in [2.45, 2.75) is 51.5 Å². The predicted molar refractivity (Wildman–Crippen MR) is 81.5 cm³/mol. The summed E-state index contributed by atoms with van der Waals surface area (Å²) in [5, 5.41) is 8.44. The molecular formula is C17H22N2O3. The highest BCUT2D eigenvalue weighted by Crippen LogP contribution is 2.46. The van der Waals surface area contributed by atoms with E-state index in [0.717, 1.165) is 5.56 Å². The van der Waals surface area contributed by atoms with Crippen molar-refractivity contribution in [3.63, 3.8) is 0 Å². The Morgan fingerprint density at radius 2 is 1.91 bits per heavy atom. The summed E-state index contributed by atoms with van der Waals surface area (Å²) in [6.07, 6.45) is -0.942. The van der Waals surface area contributed by atoms with Crippen LogP contribution in [0.5, 0.6) is 0 Å². The van der Waals surface area contributed by atoms with Gasteiger partial charge >= 0.3 is 5.97 Å². The average molecular weight is 302 g/mol. The molecule has 0 amide bonds. The van der Waals surface area contributed by atoms with Crippen LogP contribution < -0.4 is 0 Å². The SMILES string of the molecule is CC1OC(C(C)(C)C)OC(=O)C12N=NC[C@H]2c1ccccc1. The quantitative estimate of drug-likeness (QED) is 0.748. The van der Waals surface area contributed by atoms with E-state index in [0.29, 0.717) is 6.54 Å². The molecule has 3 unspecified atom stereocenters. The molecule has 0 N–H and O–H groups in total. The van der Waals surface area contributed by atoms with Crippen LogP contribution >= 0.6 is 0 Å². The van der Waals surface area contributed by atoms with Gasteiger partial charge in [0.25, 0.3) is 0 Å². The number of carbonyl (C=O) groups is 1. The van der Waals surface area contributed by atoms with E-state index in [2.05, 4.69) is 10.2 Å². The molecule has 1 aromatic rings. The first-order valence-electron chi connectivity index (χ1n) is 7.66. The summed E-state index contributed by atoms with van der Waals surface area (Å²) in [4.78, 5) is 12.8. The second kappa shape index (κ2) is 5.16. The standard InChI is InChI=1S/C17H22N2O3/c1-11-17(14(20)22-15(21-11)16(2,3)4)13(10-18-19-17)12-8-6-5-7-9-12/h5-9,11,13,15H,10H2,1-4H3/t11?,13-,15?,17?/m0/s1. The molecule has 2 aliphatic rings. The minimum atomic E-state index is -1.07. The normalized spacial score (nSPS) is 34.9. The van der Waals surface area contributed by atoms with E-state index >= 15 is 0 Å². The maximum Gasteiger partial charge on any atom is 0.341 e. The van der Waals surface area contributed by atoms with Crippen molar-refractivity contribution in [3.8, 4) is 0 Å². The molecule has 0 aromatic heterocycles. The monoisotopic (exact) mass is 302 g/mol. The number of rotatable bonds is 1. The molecule has 1 spiro atoms. The van der Waals surface area contributed by atoms with Gasteiger partial charge in [-0.1, -0.05) is 51.1 Å². The molecule has 1 aromatic carbocycles. The summed E-state index contributed by atoms with van der Waals surface area (Å²) in [5.41, 5.74) is -0.304. The van der Waals surface area contributed by atoms with E-state index in [1.54, 1.807) is 0 Å². The first-order chi connectivity index (χ1) is 10.4. The van der Waals surface area contributed by atoms with Gasteiger partial charge in [-0.2, -0.15) is 10.2 Å². The third-order valence-corrected chi connectivity index (χ3v) is 4.43. The summed E-state index contributed by atoms with van der Waals surface area (Å²) in [6.45, 7) is 8.33. The summed E-state index contributed by atoms with van der Waals surface area (Å²) in [5.74, 6) is -0.474. The molecule has 0 aliphatic carbocycles. The van der Waals surface area contributed by atoms with E-state index in [1.807, 2.05) is 58.0 Å². The van der Waals surface area contributed by atoms with Gasteiger partial charge in [0, 0.05) is 11.3 Å². The number of cyclic esters (lactones) is 1. The molecule has 5 heteroatoms. The van der Waals surface area contributed by atoms with Crippen LogP contribution in [-0.2, 0) is 14.3 Å². The average Bonchev–Trinajstić information content (AvgIpc) is 2.90. The molecule has 2 heterocycles. The number of ether oxygens (including phenoxy) is 2. The van der Waals surface area contributed by atoms with Gasteiger partial charge in [-0.3, -0.25) is 0 Å². The van der Waals surface area contributed by atoms with Gasteiger partial charge < -0.3 is 9.47 Å². The lowest BCUT2D eigenvalue weighted by atomic mass is 9.76. The molecule has 0 saturated carbocycles. The summed E-state index contributed by atoms with van der Waals surface area (Å²) < 4.78 is 11.6. The minimum absolute atomic E-state index is 0.142. The fourth-order valence-electron chi connectivity index (χ4n) is 3.10. The van der Waals surface area contributed by atoms with Gasteiger partial charge in [0.05, 0.1) is 12.6 Å². The Labute approximate surface area is 130 Å². The highest BCUT2D eigenvalue weighted by molar-refractivity contribution is 5.84. The maximum atomic E-state index is 12.8. The van der Waals surface area contributed by atoms with Crippen molar-refractivity contribution >= 4 is 5.97 Å². The topological polar surface area (TPSA) is 60.2 Å². The molecule has 3 rings (SSSR count). The fraction of sp³-hybridized carbons (Fsp3) is 0.588. The zero-order valence-corrected chi connectivity index (χ0v) is 13.4. The summed E-state index contributed by atoms with van der Waals surface area (Å²) in [7, 11) is 0. The third kappa shape index (κ3) is 2.24. The van der Waals surface area contributed by atoms with E-state index in [1.165, 1.54) is 0 Å². The zero-order chi connectivity index (χ0) is 16.0. The molecule has 5 nitrogen and oxygen atoms in total. The van der Waals surface area contributed by atoms with Crippen molar-refractivity contribution in [3.05, 3.63) is 35.9 Å². The number of esters is 1. The minimum Gasteiger partial charge on any atom is -0.433 e. The van der Waals surface area contributed by atoms with E-state index in [4.69, 9.17) is 9.47 Å². The number of hydrogen-bond acceptors (Lipinski definition) is 5. The molecule has 0 bridgehead atoms. The second-order valence-corrected chi connectivity index (χ2v) is 7.09. The Balaban J connectivity index is 1.95. The molecule has 2 aliphatic heterocycles. The first-order valence-corrected chi connectivity index (χ1v) is 7.66. The van der Waals surface area contributed by atoms with Crippen LogP contribution in [0.4, 0.5) is 0 Å².